The first-order chi connectivity index (χ1) is 18.6. The number of hydrogen-bond acceptors (Lipinski definition) is 7. The van der Waals surface area contributed by atoms with Crippen LogP contribution in [-0.2, 0) is 39.5 Å². The van der Waals surface area contributed by atoms with Crippen molar-refractivity contribution in [2.45, 2.75) is 76.9 Å². The van der Waals surface area contributed by atoms with Crippen LogP contribution in [-0.4, -0.2) is 37.7 Å². The van der Waals surface area contributed by atoms with E-state index < -0.39 is 17.7 Å². The fraction of sp³-hybridized carbons (Fsp3) is 0.448. The SMILES string of the molecule is CC[C@@]1(O)C(=O)OCc2c1cc1n(c2=O)Cc2c-1nc1cc(F)c(C)c3c1c2[C@@H](NC(=O)C1CC(O)C1)CC3. The number of carbonyl (C=O) groups excluding carboxylic acids is 2. The summed E-state index contributed by atoms with van der Waals surface area (Å²) in [4.78, 5) is 44.1. The van der Waals surface area contributed by atoms with Crippen LogP contribution < -0.4 is 10.9 Å². The largest absolute Gasteiger partial charge is 0.458 e. The van der Waals surface area contributed by atoms with E-state index in [1.54, 1.807) is 24.5 Å². The summed E-state index contributed by atoms with van der Waals surface area (Å²) in [6.45, 7) is 3.35. The normalized spacial score (nSPS) is 26.4. The van der Waals surface area contributed by atoms with Crippen molar-refractivity contribution in [3.63, 3.8) is 0 Å². The highest BCUT2D eigenvalue weighted by atomic mass is 19.1. The molecule has 2 aliphatic carbocycles. The van der Waals surface area contributed by atoms with Gasteiger partial charge in [-0.05, 0) is 61.8 Å². The van der Waals surface area contributed by atoms with Gasteiger partial charge in [0.25, 0.3) is 5.56 Å². The smallest absolute Gasteiger partial charge is 0.343 e. The number of esters is 1. The number of pyridine rings is 2. The van der Waals surface area contributed by atoms with Gasteiger partial charge in [0.2, 0.25) is 5.91 Å². The zero-order valence-corrected chi connectivity index (χ0v) is 21.6. The summed E-state index contributed by atoms with van der Waals surface area (Å²) >= 11 is 0. The van der Waals surface area contributed by atoms with Gasteiger partial charge < -0.3 is 24.8 Å². The molecule has 39 heavy (non-hydrogen) atoms. The predicted octanol–water partition coefficient (Wildman–Crippen LogP) is 2.40. The fourth-order valence-corrected chi connectivity index (χ4v) is 6.79. The van der Waals surface area contributed by atoms with Gasteiger partial charge in [0.15, 0.2) is 5.60 Å². The highest BCUT2D eigenvalue weighted by Gasteiger charge is 2.46. The van der Waals surface area contributed by atoms with Gasteiger partial charge in [0.1, 0.15) is 12.4 Å². The molecule has 3 aromatic rings. The summed E-state index contributed by atoms with van der Waals surface area (Å²) in [5.74, 6) is -1.55. The second-order valence-corrected chi connectivity index (χ2v) is 11.2. The second-order valence-electron chi connectivity index (χ2n) is 11.2. The third-order valence-corrected chi connectivity index (χ3v) is 9.18. The molecule has 2 aliphatic heterocycles. The van der Waals surface area contributed by atoms with Crippen molar-refractivity contribution in [3.05, 3.63) is 61.7 Å². The predicted molar refractivity (Wildman–Crippen MR) is 137 cm³/mol. The number of nitrogens with zero attached hydrogens (tertiary/aromatic N) is 2. The van der Waals surface area contributed by atoms with Gasteiger partial charge in [-0.15, -0.1) is 0 Å². The van der Waals surface area contributed by atoms with Crippen LogP contribution >= 0.6 is 0 Å². The summed E-state index contributed by atoms with van der Waals surface area (Å²) in [5, 5.41) is 24.8. The molecular weight excluding hydrogens is 505 g/mol. The van der Waals surface area contributed by atoms with Crippen LogP contribution in [0.15, 0.2) is 16.9 Å². The van der Waals surface area contributed by atoms with Crippen molar-refractivity contribution in [3.8, 4) is 11.4 Å². The quantitative estimate of drug-likeness (QED) is 0.345. The molecule has 9 nitrogen and oxygen atoms in total. The minimum atomic E-state index is -1.95. The number of nitrogens with one attached hydrogen (secondary N) is 1. The van der Waals surface area contributed by atoms with Crippen molar-refractivity contribution in [2.24, 2.45) is 5.92 Å². The van der Waals surface area contributed by atoms with Crippen LogP contribution in [0.3, 0.4) is 0 Å². The molecule has 1 amide bonds. The van der Waals surface area contributed by atoms with Gasteiger partial charge in [-0.25, -0.2) is 14.2 Å². The van der Waals surface area contributed by atoms with E-state index in [9.17, 15) is 24.6 Å². The summed E-state index contributed by atoms with van der Waals surface area (Å²) < 4.78 is 21.7. The number of aliphatic hydroxyl groups is 2. The first-order valence-corrected chi connectivity index (χ1v) is 13.4. The van der Waals surface area contributed by atoms with E-state index in [2.05, 4.69) is 5.32 Å². The maximum absolute atomic E-state index is 15.0. The van der Waals surface area contributed by atoms with Crippen LogP contribution in [0.2, 0.25) is 0 Å². The van der Waals surface area contributed by atoms with Gasteiger partial charge >= 0.3 is 5.97 Å². The molecule has 1 saturated carbocycles. The van der Waals surface area contributed by atoms with Crippen LogP contribution in [0.5, 0.6) is 0 Å². The number of aromatic nitrogens is 2. The summed E-state index contributed by atoms with van der Waals surface area (Å²) in [6.07, 6.45) is 1.55. The molecule has 0 unspecified atom stereocenters. The van der Waals surface area contributed by atoms with E-state index in [0.29, 0.717) is 48.2 Å². The number of rotatable bonds is 3. The minimum absolute atomic E-state index is 0.0306. The Labute approximate surface area is 222 Å². The Balaban J connectivity index is 1.45. The lowest BCUT2D eigenvalue weighted by atomic mass is 9.79. The number of amides is 1. The summed E-state index contributed by atoms with van der Waals surface area (Å²) in [7, 11) is 0. The van der Waals surface area contributed by atoms with Crippen molar-refractivity contribution >= 4 is 22.8 Å². The Bertz CT molecular complexity index is 1690. The number of fused-ring (bicyclic) bond motifs is 5. The zero-order valence-electron chi connectivity index (χ0n) is 21.6. The lowest BCUT2D eigenvalue weighted by Crippen LogP contribution is -2.44. The lowest BCUT2D eigenvalue weighted by Gasteiger charge is -2.34. The Hall–Kier alpha value is -3.63. The molecule has 0 saturated heterocycles. The Morgan fingerprint density at radius 2 is 2.03 bits per heavy atom. The maximum atomic E-state index is 15.0. The van der Waals surface area contributed by atoms with Gasteiger partial charge in [-0.3, -0.25) is 9.59 Å². The highest BCUT2D eigenvalue weighted by molar-refractivity contribution is 5.94. The number of ether oxygens (including phenoxy) is 1. The van der Waals surface area contributed by atoms with Gasteiger partial charge in [0.05, 0.1) is 41.2 Å². The van der Waals surface area contributed by atoms with Crippen molar-refractivity contribution < 1.29 is 28.9 Å². The van der Waals surface area contributed by atoms with Gasteiger partial charge in [0, 0.05) is 28.5 Å². The average molecular weight is 534 g/mol. The molecule has 0 bridgehead atoms. The molecule has 3 N–H and O–H groups in total. The zero-order chi connectivity index (χ0) is 27.4. The minimum Gasteiger partial charge on any atom is -0.458 e. The number of aliphatic hydroxyl groups excluding tert-OH is 1. The van der Waals surface area contributed by atoms with Crippen LogP contribution in [0, 0.1) is 18.7 Å². The van der Waals surface area contributed by atoms with E-state index in [4.69, 9.17) is 9.72 Å². The molecule has 10 heteroatoms. The molecule has 4 heterocycles. The van der Waals surface area contributed by atoms with Gasteiger partial charge in [-0.1, -0.05) is 6.92 Å². The maximum Gasteiger partial charge on any atom is 0.343 e. The second kappa shape index (κ2) is 8.19. The van der Waals surface area contributed by atoms with E-state index in [-0.39, 0.29) is 59.9 Å². The molecule has 0 spiro atoms. The number of halogens is 1. The standard InChI is InChI=1S/C29H28FN3O6/c1-3-29(38)18-8-22-25-16(10-33(22)27(36)17(18)11-39-28(29)37)24-20(32-26(35)13-6-14(34)7-13)5-4-15-12(2)19(30)9-21(31-25)23(15)24/h8-9,13-14,20,34,38H,3-7,10-11H2,1-2H3,(H,32,35)/t13?,14?,20-,29-/m0/s1. The number of aryl methyl sites for hydroxylation is 1. The van der Waals surface area contributed by atoms with Crippen LogP contribution in [0.1, 0.15) is 72.0 Å². The van der Waals surface area contributed by atoms with Crippen LogP contribution in [0.4, 0.5) is 4.39 Å². The van der Waals surface area contributed by atoms with Crippen LogP contribution in [0.25, 0.3) is 22.3 Å². The molecule has 1 fully saturated rings. The van der Waals surface area contributed by atoms with E-state index in [1.165, 1.54) is 6.07 Å². The molecule has 0 radical (unpaired) electrons. The molecule has 2 atom stereocenters. The number of benzene rings is 1. The third kappa shape index (κ3) is 3.24. The number of carbonyl (C=O) groups is 2. The average Bonchev–Trinajstić information content (AvgIpc) is 3.27. The first-order valence-electron chi connectivity index (χ1n) is 13.4. The molecule has 202 valence electrons. The van der Waals surface area contributed by atoms with E-state index >= 15 is 4.39 Å². The third-order valence-electron chi connectivity index (χ3n) is 9.18. The molecule has 7 rings (SSSR count). The molecular formula is C29H28FN3O6. The Morgan fingerprint density at radius 3 is 2.74 bits per heavy atom. The Morgan fingerprint density at radius 1 is 1.26 bits per heavy atom. The molecule has 4 aliphatic rings. The number of hydrogen-bond donors (Lipinski definition) is 3. The summed E-state index contributed by atoms with van der Waals surface area (Å²) in [6, 6.07) is 2.66. The fourth-order valence-electron chi connectivity index (χ4n) is 6.79. The lowest BCUT2D eigenvalue weighted by molar-refractivity contribution is -0.172. The topological polar surface area (TPSA) is 131 Å². The molecule has 2 aromatic heterocycles. The number of cyclic esters (lactones) is 1. The monoisotopic (exact) mass is 533 g/mol. The van der Waals surface area contributed by atoms with E-state index in [0.717, 1.165) is 22.1 Å². The Kier molecular flexibility index (Phi) is 5.13. The van der Waals surface area contributed by atoms with Crippen molar-refractivity contribution in [1.82, 2.24) is 14.9 Å². The van der Waals surface area contributed by atoms with Crippen molar-refractivity contribution in [2.75, 3.05) is 0 Å². The van der Waals surface area contributed by atoms with Crippen molar-refractivity contribution in [1.29, 1.82) is 0 Å². The first kappa shape index (κ1) is 24.4. The van der Waals surface area contributed by atoms with E-state index in [1.807, 2.05) is 0 Å². The van der Waals surface area contributed by atoms with Gasteiger partial charge in [-0.2, -0.15) is 0 Å². The summed E-state index contributed by atoms with van der Waals surface area (Å²) in [5.41, 5.74) is 2.45. The highest BCUT2D eigenvalue weighted by Crippen LogP contribution is 2.46. The molecule has 1 aromatic carbocycles.